The molecule has 180 valence electrons. The van der Waals surface area contributed by atoms with Gasteiger partial charge < -0.3 is 15.4 Å². The number of aryl methyl sites for hydroxylation is 1. The number of hydrazone groups is 1. The van der Waals surface area contributed by atoms with Crippen LogP contribution >= 0.6 is 23.2 Å². The van der Waals surface area contributed by atoms with Gasteiger partial charge in [-0.3, -0.25) is 14.4 Å². The number of ether oxygens (including phenoxy) is 1. The fraction of sp³-hybridized carbons (Fsp3) is 0.120. The van der Waals surface area contributed by atoms with Crippen molar-refractivity contribution in [3.05, 3.63) is 93.5 Å². The number of para-hydroxylation sites is 1. The van der Waals surface area contributed by atoms with E-state index in [1.807, 2.05) is 31.2 Å². The van der Waals surface area contributed by atoms with Crippen LogP contribution in [0.15, 0.2) is 71.8 Å². The maximum absolute atomic E-state index is 12.2. The zero-order valence-electron chi connectivity index (χ0n) is 18.7. The van der Waals surface area contributed by atoms with Gasteiger partial charge in [0.2, 0.25) is 0 Å². The standard InChI is InChI=1S/C25H22Cl2N4O4/c1-16-6-8-17(9-7-16)13-28-24(33)25(34)31-29-14-18-4-2-3-5-22(18)35-15-23(32)30-21-11-19(26)10-20(27)12-21/h2-12,14H,13,15H2,1H3,(H,28,33)(H,30,32)(H,31,34)/b29-14-. The Kier molecular flexibility index (Phi) is 9.23. The molecule has 3 amide bonds. The highest BCUT2D eigenvalue weighted by atomic mass is 35.5. The number of hydrogen-bond acceptors (Lipinski definition) is 5. The van der Waals surface area contributed by atoms with Crippen molar-refractivity contribution in [2.45, 2.75) is 13.5 Å². The SMILES string of the molecule is Cc1ccc(CNC(=O)C(=O)N/N=C\c2ccccc2OCC(=O)Nc2cc(Cl)cc(Cl)c2)cc1. The summed E-state index contributed by atoms with van der Waals surface area (Å²) in [5, 5.41) is 9.76. The molecule has 0 bridgehead atoms. The van der Waals surface area contributed by atoms with Crippen molar-refractivity contribution in [1.82, 2.24) is 10.7 Å². The minimum atomic E-state index is -0.911. The van der Waals surface area contributed by atoms with Crippen LogP contribution in [0.4, 0.5) is 5.69 Å². The highest BCUT2D eigenvalue weighted by Gasteiger charge is 2.12. The van der Waals surface area contributed by atoms with Gasteiger partial charge in [0.1, 0.15) is 5.75 Å². The molecule has 0 unspecified atom stereocenters. The molecule has 0 aliphatic rings. The molecule has 0 fully saturated rings. The van der Waals surface area contributed by atoms with Crippen molar-refractivity contribution in [3.8, 4) is 5.75 Å². The molecular weight excluding hydrogens is 491 g/mol. The predicted octanol–water partition coefficient (Wildman–Crippen LogP) is 4.09. The van der Waals surface area contributed by atoms with Crippen LogP contribution in [0.3, 0.4) is 0 Å². The molecule has 0 heterocycles. The second-order valence-corrected chi connectivity index (χ2v) is 8.27. The third-order valence-corrected chi connectivity index (χ3v) is 5.01. The van der Waals surface area contributed by atoms with E-state index in [0.717, 1.165) is 11.1 Å². The molecule has 0 radical (unpaired) electrons. The van der Waals surface area contributed by atoms with Crippen LogP contribution in [0.25, 0.3) is 0 Å². The van der Waals surface area contributed by atoms with Crippen LogP contribution in [0.1, 0.15) is 16.7 Å². The Labute approximate surface area is 212 Å². The van der Waals surface area contributed by atoms with Gasteiger partial charge in [0.25, 0.3) is 5.91 Å². The molecule has 3 N–H and O–H groups in total. The van der Waals surface area contributed by atoms with Crippen molar-refractivity contribution in [2.75, 3.05) is 11.9 Å². The number of halogens is 2. The lowest BCUT2D eigenvalue weighted by atomic mass is 10.1. The first-order valence-electron chi connectivity index (χ1n) is 10.4. The monoisotopic (exact) mass is 512 g/mol. The number of carbonyl (C=O) groups is 3. The van der Waals surface area contributed by atoms with E-state index >= 15 is 0 Å². The van der Waals surface area contributed by atoms with Crippen molar-refractivity contribution < 1.29 is 19.1 Å². The molecule has 0 atom stereocenters. The zero-order chi connectivity index (χ0) is 25.2. The summed E-state index contributed by atoms with van der Waals surface area (Å²) in [6, 6.07) is 19.0. The minimum Gasteiger partial charge on any atom is -0.483 e. The first-order chi connectivity index (χ1) is 16.8. The van der Waals surface area contributed by atoms with Crippen LogP contribution in [0, 0.1) is 6.92 Å². The fourth-order valence-corrected chi connectivity index (χ4v) is 3.39. The Morgan fingerprint density at radius 2 is 1.63 bits per heavy atom. The van der Waals surface area contributed by atoms with Gasteiger partial charge in [-0.1, -0.05) is 65.2 Å². The first kappa shape index (κ1) is 25.7. The van der Waals surface area contributed by atoms with Crippen LogP contribution in [-0.4, -0.2) is 30.5 Å². The second-order valence-electron chi connectivity index (χ2n) is 7.40. The zero-order valence-corrected chi connectivity index (χ0v) is 20.2. The largest absolute Gasteiger partial charge is 0.483 e. The predicted molar refractivity (Wildman–Crippen MR) is 136 cm³/mol. The molecule has 35 heavy (non-hydrogen) atoms. The maximum atomic E-state index is 12.2. The van der Waals surface area contributed by atoms with Gasteiger partial charge in [-0.2, -0.15) is 5.10 Å². The highest BCUT2D eigenvalue weighted by molar-refractivity contribution is 6.35. The maximum Gasteiger partial charge on any atom is 0.329 e. The summed E-state index contributed by atoms with van der Waals surface area (Å²) in [6.07, 6.45) is 1.31. The summed E-state index contributed by atoms with van der Waals surface area (Å²) in [6.45, 7) is 1.89. The molecule has 3 aromatic rings. The number of nitrogens with one attached hydrogen (secondary N) is 3. The molecule has 0 saturated carbocycles. The third kappa shape index (κ3) is 8.44. The van der Waals surface area contributed by atoms with Crippen molar-refractivity contribution in [1.29, 1.82) is 0 Å². The Bertz CT molecular complexity index is 1230. The molecule has 3 aromatic carbocycles. The van der Waals surface area contributed by atoms with Crippen LogP contribution in [0.2, 0.25) is 10.0 Å². The third-order valence-electron chi connectivity index (χ3n) is 4.57. The minimum absolute atomic E-state index is 0.219. The van der Waals surface area contributed by atoms with Crippen LogP contribution in [-0.2, 0) is 20.9 Å². The Balaban J connectivity index is 1.50. The quantitative estimate of drug-likeness (QED) is 0.240. The number of rotatable bonds is 8. The molecule has 0 saturated heterocycles. The number of carbonyl (C=O) groups excluding carboxylic acids is 3. The second kappa shape index (κ2) is 12.5. The van der Waals surface area contributed by atoms with Crippen LogP contribution < -0.4 is 20.8 Å². The van der Waals surface area contributed by atoms with E-state index in [9.17, 15) is 14.4 Å². The normalized spacial score (nSPS) is 10.6. The summed E-state index contributed by atoms with van der Waals surface area (Å²) in [5.41, 5.74) is 5.07. The molecule has 0 spiro atoms. The van der Waals surface area contributed by atoms with E-state index in [-0.39, 0.29) is 13.2 Å². The number of anilines is 1. The van der Waals surface area contributed by atoms with Crippen LogP contribution in [0.5, 0.6) is 5.75 Å². The van der Waals surface area contributed by atoms with Gasteiger partial charge in [-0.05, 0) is 42.8 Å². The van der Waals surface area contributed by atoms with Gasteiger partial charge in [0.05, 0.1) is 6.21 Å². The average molecular weight is 513 g/mol. The molecule has 3 rings (SSSR count). The van der Waals surface area contributed by atoms with E-state index < -0.39 is 17.7 Å². The topological polar surface area (TPSA) is 109 Å². The number of benzene rings is 3. The number of hydrogen-bond donors (Lipinski definition) is 3. The summed E-state index contributed by atoms with van der Waals surface area (Å²) in [4.78, 5) is 36.2. The first-order valence-corrected chi connectivity index (χ1v) is 11.2. The van der Waals surface area contributed by atoms with Crippen molar-refractivity contribution in [3.63, 3.8) is 0 Å². The molecule has 0 aliphatic carbocycles. The lowest BCUT2D eigenvalue weighted by Crippen LogP contribution is -2.37. The Morgan fingerprint density at radius 1 is 0.943 bits per heavy atom. The van der Waals surface area contributed by atoms with Gasteiger partial charge in [-0.15, -0.1) is 0 Å². The lowest BCUT2D eigenvalue weighted by molar-refractivity contribution is -0.139. The summed E-state index contributed by atoms with van der Waals surface area (Å²) >= 11 is 11.9. The molecular formula is C25H22Cl2N4O4. The van der Waals surface area contributed by atoms with Gasteiger partial charge >= 0.3 is 11.8 Å². The highest BCUT2D eigenvalue weighted by Crippen LogP contribution is 2.22. The Morgan fingerprint density at radius 3 is 2.34 bits per heavy atom. The van der Waals surface area contributed by atoms with Gasteiger partial charge in [0, 0.05) is 27.8 Å². The van der Waals surface area contributed by atoms with Crippen molar-refractivity contribution >= 4 is 52.8 Å². The van der Waals surface area contributed by atoms with Crippen molar-refractivity contribution in [2.24, 2.45) is 5.10 Å². The summed E-state index contributed by atoms with van der Waals surface area (Å²) < 4.78 is 5.57. The fourth-order valence-electron chi connectivity index (χ4n) is 2.86. The number of amides is 3. The Hall–Kier alpha value is -3.88. The average Bonchev–Trinajstić information content (AvgIpc) is 2.82. The molecule has 8 nitrogen and oxygen atoms in total. The van der Waals surface area contributed by atoms with E-state index in [1.165, 1.54) is 6.21 Å². The van der Waals surface area contributed by atoms with E-state index in [2.05, 4.69) is 21.2 Å². The smallest absolute Gasteiger partial charge is 0.329 e. The molecule has 10 heteroatoms. The molecule has 0 aliphatic heterocycles. The van der Waals surface area contributed by atoms with Gasteiger partial charge in [0.15, 0.2) is 6.61 Å². The summed E-state index contributed by atoms with van der Waals surface area (Å²) in [7, 11) is 0. The van der Waals surface area contributed by atoms with E-state index in [4.69, 9.17) is 27.9 Å². The van der Waals surface area contributed by atoms with Gasteiger partial charge in [-0.25, -0.2) is 5.43 Å². The lowest BCUT2D eigenvalue weighted by Gasteiger charge is -2.10. The molecule has 0 aromatic heterocycles. The number of nitrogens with zero attached hydrogens (tertiary/aromatic N) is 1. The van der Waals surface area contributed by atoms with E-state index in [0.29, 0.717) is 27.0 Å². The van der Waals surface area contributed by atoms with E-state index in [1.54, 1.807) is 42.5 Å². The summed E-state index contributed by atoms with van der Waals surface area (Å²) in [5.74, 6) is -1.79.